The predicted octanol–water partition coefficient (Wildman–Crippen LogP) is 9.62. The first-order valence-corrected chi connectivity index (χ1v) is 13.6. The number of carbonyl (C=O) groups excluding carboxylic acids is 6. The van der Waals surface area contributed by atoms with Gasteiger partial charge in [-0.15, -0.1) is 0 Å². The number of benzene rings is 3. The Morgan fingerprint density at radius 2 is 0.450 bits per heavy atom. The van der Waals surface area contributed by atoms with E-state index >= 15 is 0 Å². The van der Waals surface area contributed by atoms with Crippen molar-refractivity contribution in [2.24, 2.45) is 0 Å². The van der Waals surface area contributed by atoms with Crippen molar-refractivity contribution in [3.63, 3.8) is 0 Å². The minimum absolute atomic E-state index is 0.228. The van der Waals surface area contributed by atoms with Crippen LogP contribution in [0.25, 0.3) is 0 Å². The molecule has 0 amide bonds. The molecule has 6 nitrogen and oxygen atoms in total. The highest BCUT2D eigenvalue weighted by molar-refractivity contribution is 6.48. The summed E-state index contributed by atoms with van der Waals surface area (Å²) in [6, 6.07) is 0. The molecule has 0 aliphatic carbocycles. The largest absolute Gasteiger partial charge is 0.298 e. The fourth-order valence-corrected chi connectivity index (χ4v) is 7.31. The fraction of sp³-hybridized carbons (Fsp3) is 0.0400. The zero-order chi connectivity index (χ0) is 30.2. The van der Waals surface area contributed by atoms with E-state index in [1.807, 2.05) is 0 Å². The lowest BCUT2D eigenvalue weighted by Crippen LogP contribution is -2.15. The molecule has 0 N–H and O–H groups in total. The molecule has 0 saturated heterocycles. The van der Waals surface area contributed by atoms with Gasteiger partial charge >= 0.3 is 0 Å². The molecule has 0 atom stereocenters. The van der Waals surface area contributed by atoms with Gasteiger partial charge in [-0.05, 0) is 0 Å². The Morgan fingerprint density at radius 3 is 0.575 bits per heavy atom. The van der Waals surface area contributed by atoms with Crippen LogP contribution in [-0.2, 0) is 0 Å². The van der Waals surface area contributed by atoms with Crippen LogP contribution in [0.1, 0.15) is 84.8 Å². The molecule has 40 heavy (non-hydrogen) atoms. The molecule has 0 aliphatic heterocycles. The monoisotopic (exact) mass is 718 g/mol. The summed E-state index contributed by atoms with van der Waals surface area (Å²) >= 11 is 58.1. The first-order chi connectivity index (χ1) is 18.9. The molecule has 0 saturated carbocycles. The molecule has 3 rings (SSSR count). The fourth-order valence-electron chi connectivity index (χ4n) is 3.99. The van der Waals surface area contributed by atoms with Crippen molar-refractivity contribution >= 4 is 142 Å². The molecule has 0 radical (unpaired) electrons. The van der Waals surface area contributed by atoms with Crippen LogP contribution in [0.5, 0.6) is 0 Å². The second kappa shape index (κ2) is 13.1. The summed E-state index contributed by atoms with van der Waals surface area (Å²) in [5, 5.41) is -3.95. The Hall–Kier alpha value is -1.71. The van der Waals surface area contributed by atoms with E-state index in [0.717, 1.165) is 0 Å². The zero-order valence-electron chi connectivity index (χ0n) is 18.9. The van der Waals surface area contributed by atoms with E-state index in [1.54, 1.807) is 0 Å². The van der Waals surface area contributed by atoms with Crippen molar-refractivity contribution in [3.05, 3.63) is 95.3 Å². The van der Waals surface area contributed by atoms with Gasteiger partial charge in [0.05, 0.1) is 78.6 Å². The number of aldehydes is 6. The minimum atomic E-state index is -1.68. The van der Waals surface area contributed by atoms with Crippen LogP contribution >= 0.6 is 104 Å². The highest BCUT2D eigenvalue weighted by atomic mass is 35.5. The molecule has 3 aromatic rings. The average molecular weight is 722 g/mol. The topological polar surface area (TPSA) is 102 Å². The van der Waals surface area contributed by atoms with Crippen molar-refractivity contribution in [1.29, 1.82) is 0 Å². The second-order valence-corrected chi connectivity index (χ2v) is 11.1. The van der Waals surface area contributed by atoms with Gasteiger partial charge in [-0.25, -0.2) is 0 Å². The smallest absolute Gasteiger partial charge is 0.153 e. The highest BCUT2D eigenvalue weighted by Gasteiger charge is 2.37. The standard InChI is InChI=1S/C25H7Cl9O6/c26-17-7(1-35)20(29)14(21(30)8(17)2-36)13(15-22(31)9(3-37)18(27)10(4-38)23(15)32)16-24(33)11(5-39)19(28)12(6-40)25(16)34/h1-6,13H. The number of hydrogen-bond donors (Lipinski definition) is 0. The van der Waals surface area contributed by atoms with Crippen molar-refractivity contribution in [3.8, 4) is 0 Å². The average Bonchev–Trinajstić information content (AvgIpc) is 2.90. The third-order valence-electron chi connectivity index (χ3n) is 5.83. The maximum Gasteiger partial charge on any atom is 0.153 e. The molecule has 15 heteroatoms. The zero-order valence-corrected chi connectivity index (χ0v) is 25.7. The lowest BCUT2D eigenvalue weighted by atomic mass is 9.81. The van der Waals surface area contributed by atoms with E-state index < -0.39 is 84.5 Å². The number of carbonyl (C=O) groups is 6. The Bertz CT molecular complexity index is 1370. The maximum absolute atomic E-state index is 12.0. The molecule has 0 unspecified atom stereocenters. The molecular formula is C25H7Cl9O6. The third kappa shape index (κ3) is 5.08. The Balaban J connectivity index is 2.83. The maximum atomic E-state index is 12.0. The summed E-state index contributed by atoms with van der Waals surface area (Å²) in [4.78, 5) is 71.9. The van der Waals surface area contributed by atoms with Crippen LogP contribution in [0.3, 0.4) is 0 Å². The van der Waals surface area contributed by atoms with Gasteiger partial charge in [0, 0.05) is 22.6 Å². The van der Waals surface area contributed by atoms with Crippen LogP contribution in [-0.4, -0.2) is 37.7 Å². The molecule has 0 aromatic heterocycles. The first kappa shape index (κ1) is 32.8. The van der Waals surface area contributed by atoms with Gasteiger partial charge in [-0.1, -0.05) is 104 Å². The van der Waals surface area contributed by atoms with Gasteiger partial charge in [-0.3, -0.25) is 28.8 Å². The van der Waals surface area contributed by atoms with E-state index in [9.17, 15) is 28.8 Å². The summed E-state index contributed by atoms with van der Waals surface area (Å²) in [6.07, 6.45) is 1.37. The normalized spacial score (nSPS) is 10.9. The summed E-state index contributed by atoms with van der Waals surface area (Å²) in [5.74, 6) is -1.68. The van der Waals surface area contributed by atoms with Crippen molar-refractivity contribution < 1.29 is 28.8 Å². The van der Waals surface area contributed by atoms with Crippen molar-refractivity contribution in [2.45, 2.75) is 5.92 Å². The number of hydrogen-bond acceptors (Lipinski definition) is 6. The van der Waals surface area contributed by atoms with Gasteiger partial charge in [0.1, 0.15) is 0 Å². The van der Waals surface area contributed by atoms with Crippen LogP contribution in [0, 0.1) is 0 Å². The van der Waals surface area contributed by atoms with Gasteiger partial charge in [0.15, 0.2) is 37.7 Å². The Kier molecular flexibility index (Phi) is 10.7. The Morgan fingerprint density at radius 1 is 0.300 bits per heavy atom. The van der Waals surface area contributed by atoms with Gasteiger partial charge in [-0.2, -0.15) is 0 Å². The molecular weight excluding hydrogens is 715 g/mol. The summed E-state index contributed by atoms with van der Waals surface area (Å²) in [7, 11) is 0. The lowest BCUT2D eigenvalue weighted by Gasteiger charge is -2.29. The van der Waals surface area contributed by atoms with Crippen LogP contribution in [0.15, 0.2) is 0 Å². The number of halogens is 9. The summed E-state index contributed by atoms with van der Waals surface area (Å²) < 4.78 is 0. The predicted molar refractivity (Wildman–Crippen MR) is 158 cm³/mol. The van der Waals surface area contributed by atoms with E-state index in [1.165, 1.54) is 0 Å². The highest BCUT2D eigenvalue weighted by Crippen LogP contribution is 2.54. The van der Waals surface area contributed by atoms with Crippen LogP contribution in [0.2, 0.25) is 45.2 Å². The van der Waals surface area contributed by atoms with Gasteiger partial charge < -0.3 is 0 Å². The van der Waals surface area contributed by atoms with E-state index in [2.05, 4.69) is 0 Å². The third-order valence-corrected chi connectivity index (χ3v) is 9.49. The van der Waals surface area contributed by atoms with Crippen LogP contribution in [0.4, 0.5) is 0 Å². The lowest BCUT2D eigenvalue weighted by molar-refractivity contribution is 0.111. The van der Waals surface area contributed by atoms with Crippen molar-refractivity contribution in [1.82, 2.24) is 0 Å². The molecule has 0 bridgehead atoms. The molecule has 3 aromatic carbocycles. The molecule has 0 spiro atoms. The van der Waals surface area contributed by atoms with Crippen LogP contribution < -0.4 is 0 Å². The van der Waals surface area contributed by atoms with E-state index in [4.69, 9.17) is 104 Å². The van der Waals surface area contributed by atoms with Gasteiger partial charge in [0.2, 0.25) is 0 Å². The first-order valence-electron chi connectivity index (χ1n) is 10.2. The number of rotatable bonds is 9. The van der Waals surface area contributed by atoms with Crippen molar-refractivity contribution in [2.75, 3.05) is 0 Å². The quantitative estimate of drug-likeness (QED) is 0.161. The summed E-state index contributed by atoms with van der Waals surface area (Å²) in [6.45, 7) is 0. The Labute approximate surface area is 270 Å². The molecule has 206 valence electrons. The molecule has 0 fully saturated rings. The SMILES string of the molecule is O=Cc1c(Cl)c(C=O)c(Cl)c(C(c2c(Cl)c(C=O)c(Cl)c(C=O)c2Cl)c2c(Cl)c(C=O)c(Cl)c(C=O)c2Cl)c1Cl. The van der Waals surface area contributed by atoms with E-state index in [-0.39, 0.29) is 54.4 Å². The second-order valence-electron chi connectivity index (χ2n) is 7.69. The van der Waals surface area contributed by atoms with Gasteiger partial charge in [0.25, 0.3) is 0 Å². The molecule has 0 aliphatic rings. The molecule has 0 heterocycles. The minimum Gasteiger partial charge on any atom is -0.298 e. The van der Waals surface area contributed by atoms with E-state index in [0.29, 0.717) is 0 Å². The summed E-state index contributed by atoms with van der Waals surface area (Å²) in [5.41, 5.74) is -3.41.